The van der Waals surface area contributed by atoms with Gasteiger partial charge in [0.25, 0.3) is 0 Å². The van der Waals surface area contributed by atoms with E-state index in [1.54, 1.807) is 0 Å². The molecular weight excluding hydrogens is 228 g/mol. The number of methoxy groups -OCH3 is 1. The van der Waals surface area contributed by atoms with E-state index < -0.39 is 23.7 Å². The number of halogens is 4. The summed E-state index contributed by atoms with van der Waals surface area (Å²) in [6.07, 6.45) is -7.81. The molecule has 0 unspecified atom stereocenters. The maximum Gasteiger partial charge on any atom is 0.418 e. The number of aliphatic hydroxyl groups is 1. The van der Waals surface area contributed by atoms with Crippen molar-refractivity contribution in [2.24, 2.45) is 0 Å². The van der Waals surface area contributed by atoms with Crippen LogP contribution in [0.2, 0.25) is 0 Å². The molecule has 0 fully saturated rings. The van der Waals surface area contributed by atoms with Crippen LogP contribution in [0, 0.1) is 12.7 Å². The monoisotopic (exact) mass is 238 g/mol. The van der Waals surface area contributed by atoms with Gasteiger partial charge in [-0.1, -0.05) is 0 Å². The molecule has 0 radical (unpaired) electrons. The molecule has 1 N–H and O–H groups in total. The Labute approximate surface area is 89.5 Å². The van der Waals surface area contributed by atoms with E-state index in [9.17, 15) is 17.6 Å². The number of hydrogen-bond acceptors (Lipinski definition) is 2. The maximum absolute atomic E-state index is 13.3. The number of ether oxygens (including phenoxy) is 1. The highest BCUT2D eigenvalue weighted by Crippen LogP contribution is 2.38. The van der Waals surface area contributed by atoms with Crippen molar-refractivity contribution in [1.29, 1.82) is 0 Å². The van der Waals surface area contributed by atoms with Gasteiger partial charge in [-0.2, -0.15) is 13.2 Å². The molecule has 16 heavy (non-hydrogen) atoms. The standard InChI is InChI=1S/C10H10F4O2/c1-5-3-6(11)8(7(4-5)16-2)9(15)10(12,13)14/h3-4,9,15H,1-2H3/t9-/m1/s1. The Bertz CT molecular complexity index is 387. The molecule has 0 aliphatic heterocycles. The molecule has 1 aromatic carbocycles. The predicted molar refractivity (Wildman–Crippen MR) is 48.7 cm³/mol. The largest absolute Gasteiger partial charge is 0.496 e. The Morgan fingerprint density at radius 2 is 1.88 bits per heavy atom. The van der Waals surface area contributed by atoms with Crippen molar-refractivity contribution >= 4 is 0 Å². The van der Waals surface area contributed by atoms with Crippen molar-refractivity contribution in [2.75, 3.05) is 7.11 Å². The van der Waals surface area contributed by atoms with E-state index in [-0.39, 0.29) is 5.75 Å². The summed E-state index contributed by atoms with van der Waals surface area (Å²) in [5.41, 5.74) is -0.479. The molecule has 0 aliphatic carbocycles. The molecule has 0 saturated heterocycles. The second kappa shape index (κ2) is 4.29. The van der Waals surface area contributed by atoms with Crippen LogP contribution in [0.25, 0.3) is 0 Å². The van der Waals surface area contributed by atoms with E-state index >= 15 is 0 Å². The second-order valence-electron chi connectivity index (χ2n) is 3.31. The zero-order valence-electron chi connectivity index (χ0n) is 8.60. The highest BCUT2D eigenvalue weighted by atomic mass is 19.4. The number of aryl methyl sites for hydroxylation is 1. The van der Waals surface area contributed by atoms with Crippen LogP contribution in [-0.4, -0.2) is 18.4 Å². The van der Waals surface area contributed by atoms with Crippen LogP contribution >= 0.6 is 0 Å². The van der Waals surface area contributed by atoms with Crippen molar-refractivity contribution in [3.8, 4) is 5.75 Å². The topological polar surface area (TPSA) is 29.5 Å². The third kappa shape index (κ3) is 2.44. The average Bonchev–Trinajstić information content (AvgIpc) is 2.14. The molecule has 1 aromatic rings. The molecule has 90 valence electrons. The lowest BCUT2D eigenvalue weighted by molar-refractivity contribution is -0.207. The van der Waals surface area contributed by atoms with Crippen LogP contribution in [0.1, 0.15) is 17.2 Å². The van der Waals surface area contributed by atoms with Crippen molar-refractivity contribution in [1.82, 2.24) is 0 Å². The Kier molecular flexibility index (Phi) is 3.42. The highest BCUT2D eigenvalue weighted by Gasteiger charge is 2.42. The molecule has 6 heteroatoms. The molecule has 0 heterocycles. The first-order valence-electron chi connectivity index (χ1n) is 4.36. The molecule has 0 bridgehead atoms. The SMILES string of the molecule is COc1cc(C)cc(F)c1[C@@H](O)C(F)(F)F. The average molecular weight is 238 g/mol. The van der Waals surface area contributed by atoms with Gasteiger partial charge in [0.05, 0.1) is 12.7 Å². The first-order valence-corrected chi connectivity index (χ1v) is 4.36. The van der Waals surface area contributed by atoms with Crippen LogP contribution in [-0.2, 0) is 0 Å². The lowest BCUT2D eigenvalue weighted by Crippen LogP contribution is -2.22. The Morgan fingerprint density at radius 1 is 1.31 bits per heavy atom. The molecule has 0 aromatic heterocycles. The van der Waals surface area contributed by atoms with Crippen LogP contribution in [0.4, 0.5) is 17.6 Å². The lowest BCUT2D eigenvalue weighted by Gasteiger charge is -2.18. The van der Waals surface area contributed by atoms with E-state index in [1.807, 2.05) is 0 Å². The van der Waals surface area contributed by atoms with Crippen LogP contribution in [0.5, 0.6) is 5.75 Å². The van der Waals surface area contributed by atoms with Gasteiger partial charge in [-0.05, 0) is 24.6 Å². The molecule has 2 nitrogen and oxygen atoms in total. The minimum Gasteiger partial charge on any atom is -0.496 e. The summed E-state index contributed by atoms with van der Waals surface area (Å²) in [5.74, 6) is -1.45. The fraction of sp³-hybridized carbons (Fsp3) is 0.400. The van der Waals surface area contributed by atoms with Gasteiger partial charge >= 0.3 is 6.18 Å². The number of alkyl halides is 3. The minimum atomic E-state index is -4.93. The molecule has 1 rings (SSSR count). The van der Waals surface area contributed by atoms with Gasteiger partial charge in [0.2, 0.25) is 0 Å². The summed E-state index contributed by atoms with van der Waals surface area (Å²) in [6.45, 7) is 1.51. The summed E-state index contributed by atoms with van der Waals surface area (Å²) >= 11 is 0. The first-order chi connectivity index (χ1) is 7.27. The maximum atomic E-state index is 13.3. The summed E-state index contributed by atoms with van der Waals surface area (Å²) in [4.78, 5) is 0. The highest BCUT2D eigenvalue weighted by molar-refractivity contribution is 5.40. The third-order valence-corrected chi connectivity index (χ3v) is 2.04. The van der Waals surface area contributed by atoms with Crippen molar-refractivity contribution in [3.05, 3.63) is 29.1 Å². The summed E-state index contributed by atoms with van der Waals surface area (Å²) in [7, 11) is 1.11. The van der Waals surface area contributed by atoms with Gasteiger partial charge in [-0.25, -0.2) is 4.39 Å². The van der Waals surface area contributed by atoms with Gasteiger partial charge < -0.3 is 9.84 Å². The van der Waals surface area contributed by atoms with Gasteiger partial charge in [-0.15, -0.1) is 0 Å². The zero-order valence-corrected chi connectivity index (χ0v) is 8.60. The smallest absolute Gasteiger partial charge is 0.418 e. The molecule has 0 aliphatic rings. The fourth-order valence-corrected chi connectivity index (χ4v) is 1.32. The summed E-state index contributed by atoms with van der Waals surface area (Å²) < 4.78 is 54.7. The Balaban J connectivity index is 3.32. The van der Waals surface area contributed by atoms with E-state index in [0.717, 1.165) is 13.2 Å². The first kappa shape index (κ1) is 12.8. The van der Waals surface area contributed by atoms with Crippen molar-refractivity contribution < 1.29 is 27.4 Å². The molecule has 0 spiro atoms. The molecule has 0 saturated carbocycles. The van der Waals surface area contributed by atoms with Crippen LogP contribution < -0.4 is 4.74 Å². The van der Waals surface area contributed by atoms with Gasteiger partial charge in [0.15, 0.2) is 6.10 Å². The van der Waals surface area contributed by atoms with Gasteiger partial charge in [0, 0.05) is 0 Å². The predicted octanol–water partition coefficient (Wildman–Crippen LogP) is 2.74. The fourth-order valence-electron chi connectivity index (χ4n) is 1.32. The quantitative estimate of drug-likeness (QED) is 0.803. The van der Waals surface area contributed by atoms with Crippen LogP contribution in [0.15, 0.2) is 12.1 Å². The van der Waals surface area contributed by atoms with Crippen LogP contribution in [0.3, 0.4) is 0 Å². The Morgan fingerprint density at radius 3 is 2.31 bits per heavy atom. The normalized spacial score (nSPS) is 13.7. The number of hydrogen-bond donors (Lipinski definition) is 1. The van der Waals surface area contributed by atoms with E-state index in [0.29, 0.717) is 5.56 Å². The third-order valence-electron chi connectivity index (χ3n) is 2.04. The summed E-state index contributed by atoms with van der Waals surface area (Å²) in [5, 5.41) is 9.00. The van der Waals surface area contributed by atoms with E-state index in [4.69, 9.17) is 5.11 Å². The zero-order chi connectivity index (χ0) is 12.5. The van der Waals surface area contributed by atoms with Crippen molar-refractivity contribution in [3.63, 3.8) is 0 Å². The van der Waals surface area contributed by atoms with E-state index in [2.05, 4.69) is 4.74 Å². The molecular formula is C10H10F4O2. The number of benzene rings is 1. The van der Waals surface area contributed by atoms with Crippen molar-refractivity contribution in [2.45, 2.75) is 19.2 Å². The minimum absolute atomic E-state index is 0.317. The molecule has 0 amide bonds. The van der Waals surface area contributed by atoms with E-state index in [1.165, 1.54) is 13.0 Å². The lowest BCUT2D eigenvalue weighted by atomic mass is 10.0. The number of aliphatic hydroxyl groups excluding tert-OH is 1. The Hall–Kier alpha value is -1.30. The second-order valence-corrected chi connectivity index (χ2v) is 3.31. The molecule has 1 atom stereocenters. The van der Waals surface area contributed by atoms with Gasteiger partial charge in [0.1, 0.15) is 11.6 Å². The number of rotatable bonds is 2. The van der Waals surface area contributed by atoms with Gasteiger partial charge in [-0.3, -0.25) is 0 Å². The summed E-state index contributed by atoms with van der Waals surface area (Å²) in [6, 6.07) is 2.14.